The van der Waals surface area contributed by atoms with E-state index >= 15 is 0 Å². The second-order valence-corrected chi connectivity index (χ2v) is 5.44. The van der Waals surface area contributed by atoms with E-state index in [1.807, 2.05) is 24.3 Å². The molecule has 3 aromatic carbocycles. The Kier molecular flexibility index (Phi) is 4.66. The van der Waals surface area contributed by atoms with Gasteiger partial charge in [-0.25, -0.2) is 9.59 Å². The number of methoxy groups -OCH3 is 1. The molecule has 5 nitrogen and oxygen atoms in total. The molecule has 0 spiro atoms. The minimum absolute atomic E-state index is 0.0106. The number of aromatic hydroxyl groups is 1. The van der Waals surface area contributed by atoms with Crippen LogP contribution in [0.1, 0.15) is 22.0 Å². The van der Waals surface area contributed by atoms with Crippen molar-refractivity contribution in [3.63, 3.8) is 0 Å². The predicted octanol–water partition coefficient (Wildman–Crippen LogP) is 3.62. The molecule has 3 rings (SSSR count). The van der Waals surface area contributed by atoms with Crippen LogP contribution in [0.4, 0.5) is 0 Å². The zero-order chi connectivity index (χ0) is 17.8. The molecule has 0 saturated carbocycles. The fourth-order valence-electron chi connectivity index (χ4n) is 2.55. The molecular weight excluding hydrogens is 320 g/mol. The van der Waals surface area contributed by atoms with Crippen LogP contribution in [0.15, 0.2) is 66.7 Å². The standard InChI is InChI=1S/C20H16O5/c1-24-20(23)18(13-7-3-2-4-8-13)25-19(22)16-11-14-9-5-6-10-15(14)12-17(16)21/h2-12,18,21H,1H3/t18-/m0/s1. The molecule has 0 unspecified atom stereocenters. The molecule has 126 valence electrons. The number of fused-ring (bicyclic) bond motifs is 1. The first-order valence-electron chi connectivity index (χ1n) is 7.65. The molecule has 1 N–H and O–H groups in total. The Hall–Kier alpha value is -3.34. The van der Waals surface area contributed by atoms with Crippen LogP contribution in [0.5, 0.6) is 5.75 Å². The Balaban J connectivity index is 1.94. The Morgan fingerprint density at radius 1 is 0.920 bits per heavy atom. The van der Waals surface area contributed by atoms with Crippen molar-refractivity contribution in [2.45, 2.75) is 6.10 Å². The lowest BCUT2D eigenvalue weighted by atomic mass is 10.1. The maximum atomic E-state index is 12.5. The minimum Gasteiger partial charge on any atom is -0.507 e. The number of hydrogen-bond donors (Lipinski definition) is 1. The van der Waals surface area contributed by atoms with Gasteiger partial charge in [-0.3, -0.25) is 0 Å². The van der Waals surface area contributed by atoms with Gasteiger partial charge in [-0.05, 0) is 22.9 Å². The van der Waals surface area contributed by atoms with Crippen molar-refractivity contribution in [1.29, 1.82) is 0 Å². The molecule has 0 aliphatic carbocycles. The summed E-state index contributed by atoms with van der Waals surface area (Å²) in [7, 11) is 1.22. The summed E-state index contributed by atoms with van der Waals surface area (Å²) >= 11 is 0. The van der Waals surface area contributed by atoms with Crippen LogP contribution in [0.2, 0.25) is 0 Å². The number of benzene rings is 3. The van der Waals surface area contributed by atoms with E-state index in [9.17, 15) is 14.7 Å². The second-order valence-electron chi connectivity index (χ2n) is 5.44. The zero-order valence-corrected chi connectivity index (χ0v) is 13.5. The monoisotopic (exact) mass is 336 g/mol. The highest BCUT2D eigenvalue weighted by Gasteiger charge is 2.27. The second kappa shape index (κ2) is 7.05. The zero-order valence-electron chi connectivity index (χ0n) is 13.5. The summed E-state index contributed by atoms with van der Waals surface area (Å²) in [6.07, 6.45) is -1.20. The summed E-state index contributed by atoms with van der Waals surface area (Å²) in [6, 6.07) is 18.9. The van der Waals surface area contributed by atoms with Gasteiger partial charge in [0.1, 0.15) is 11.3 Å². The van der Waals surface area contributed by atoms with E-state index in [-0.39, 0.29) is 11.3 Å². The van der Waals surface area contributed by atoms with E-state index < -0.39 is 18.0 Å². The Morgan fingerprint density at radius 3 is 2.16 bits per heavy atom. The smallest absolute Gasteiger partial charge is 0.351 e. The molecule has 0 bridgehead atoms. The minimum atomic E-state index is -1.20. The number of carbonyl (C=O) groups excluding carboxylic acids is 2. The highest BCUT2D eigenvalue weighted by atomic mass is 16.6. The first-order chi connectivity index (χ1) is 12.1. The van der Waals surface area contributed by atoms with Crippen LogP contribution in [-0.4, -0.2) is 24.2 Å². The average molecular weight is 336 g/mol. The normalized spacial score (nSPS) is 11.7. The first kappa shape index (κ1) is 16.5. The first-order valence-corrected chi connectivity index (χ1v) is 7.65. The van der Waals surface area contributed by atoms with Gasteiger partial charge in [0.25, 0.3) is 0 Å². The highest BCUT2D eigenvalue weighted by Crippen LogP contribution is 2.28. The van der Waals surface area contributed by atoms with Gasteiger partial charge >= 0.3 is 11.9 Å². The van der Waals surface area contributed by atoms with Crippen molar-refractivity contribution in [1.82, 2.24) is 0 Å². The molecule has 0 amide bonds. The average Bonchev–Trinajstić information content (AvgIpc) is 2.65. The molecule has 0 aliphatic heterocycles. The van der Waals surface area contributed by atoms with Crippen LogP contribution >= 0.6 is 0 Å². The lowest BCUT2D eigenvalue weighted by Gasteiger charge is -2.16. The lowest BCUT2D eigenvalue weighted by molar-refractivity contribution is -0.151. The molecule has 0 aromatic heterocycles. The van der Waals surface area contributed by atoms with E-state index in [1.54, 1.807) is 30.3 Å². The number of carbonyl (C=O) groups is 2. The third-order valence-electron chi connectivity index (χ3n) is 3.83. The predicted molar refractivity (Wildman–Crippen MR) is 92.2 cm³/mol. The molecule has 0 fully saturated rings. The van der Waals surface area contributed by atoms with Crippen molar-refractivity contribution in [2.75, 3.05) is 7.11 Å². The molecule has 0 aliphatic rings. The van der Waals surface area contributed by atoms with Gasteiger partial charge in [-0.2, -0.15) is 0 Å². The van der Waals surface area contributed by atoms with Crippen LogP contribution in [0.25, 0.3) is 10.8 Å². The molecule has 0 saturated heterocycles. The fraction of sp³-hybridized carbons (Fsp3) is 0.100. The van der Waals surface area contributed by atoms with Crippen LogP contribution in [-0.2, 0) is 14.3 Å². The number of esters is 2. The van der Waals surface area contributed by atoms with Gasteiger partial charge in [0.05, 0.1) is 7.11 Å². The van der Waals surface area contributed by atoms with Gasteiger partial charge in [-0.1, -0.05) is 54.6 Å². The van der Waals surface area contributed by atoms with E-state index in [0.29, 0.717) is 5.56 Å². The molecule has 1 atom stereocenters. The van der Waals surface area contributed by atoms with Crippen molar-refractivity contribution < 1.29 is 24.2 Å². The number of phenols is 1. The Labute approximate surface area is 144 Å². The van der Waals surface area contributed by atoms with Gasteiger partial charge < -0.3 is 14.6 Å². The molecule has 25 heavy (non-hydrogen) atoms. The summed E-state index contributed by atoms with van der Waals surface area (Å²) in [4.78, 5) is 24.5. The Bertz CT molecular complexity index is 918. The summed E-state index contributed by atoms with van der Waals surface area (Å²) < 4.78 is 10.1. The maximum Gasteiger partial charge on any atom is 0.351 e. The fourth-order valence-corrected chi connectivity index (χ4v) is 2.55. The number of rotatable bonds is 4. The van der Waals surface area contributed by atoms with E-state index in [1.165, 1.54) is 19.2 Å². The topological polar surface area (TPSA) is 72.8 Å². The summed E-state index contributed by atoms with van der Waals surface area (Å²) in [5.41, 5.74) is 0.478. The summed E-state index contributed by atoms with van der Waals surface area (Å²) in [6.45, 7) is 0. The van der Waals surface area contributed by atoms with Gasteiger partial charge in [0, 0.05) is 5.56 Å². The molecule has 0 heterocycles. The summed E-state index contributed by atoms with van der Waals surface area (Å²) in [5, 5.41) is 11.7. The molecule has 3 aromatic rings. The van der Waals surface area contributed by atoms with Crippen molar-refractivity contribution in [3.8, 4) is 5.75 Å². The van der Waals surface area contributed by atoms with E-state index in [4.69, 9.17) is 9.47 Å². The van der Waals surface area contributed by atoms with Crippen molar-refractivity contribution in [2.24, 2.45) is 0 Å². The largest absolute Gasteiger partial charge is 0.507 e. The van der Waals surface area contributed by atoms with E-state index in [0.717, 1.165) is 10.8 Å². The van der Waals surface area contributed by atoms with Gasteiger partial charge in [0.15, 0.2) is 0 Å². The highest BCUT2D eigenvalue weighted by molar-refractivity contribution is 5.99. The maximum absolute atomic E-state index is 12.5. The van der Waals surface area contributed by atoms with Crippen LogP contribution in [0, 0.1) is 0 Å². The third kappa shape index (κ3) is 3.45. The third-order valence-corrected chi connectivity index (χ3v) is 3.83. The van der Waals surface area contributed by atoms with Crippen molar-refractivity contribution in [3.05, 3.63) is 77.9 Å². The summed E-state index contributed by atoms with van der Waals surface area (Å²) in [5.74, 6) is -1.71. The number of phenolic OH excluding ortho intramolecular Hbond substituents is 1. The van der Waals surface area contributed by atoms with Gasteiger partial charge in [0.2, 0.25) is 6.10 Å². The van der Waals surface area contributed by atoms with Crippen LogP contribution < -0.4 is 0 Å². The molecule has 0 radical (unpaired) electrons. The molecule has 5 heteroatoms. The van der Waals surface area contributed by atoms with E-state index in [2.05, 4.69) is 0 Å². The number of ether oxygens (including phenoxy) is 2. The van der Waals surface area contributed by atoms with Crippen molar-refractivity contribution >= 4 is 22.7 Å². The quantitative estimate of drug-likeness (QED) is 0.737. The number of hydrogen-bond acceptors (Lipinski definition) is 5. The van der Waals surface area contributed by atoms with Crippen LogP contribution in [0.3, 0.4) is 0 Å². The Morgan fingerprint density at radius 2 is 1.52 bits per heavy atom. The molecular formula is C20H16O5. The SMILES string of the molecule is COC(=O)[C@@H](OC(=O)c1cc2ccccc2cc1O)c1ccccc1. The lowest BCUT2D eigenvalue weighted by Crippen LogP contribution is -2.21. The van der Waals surface area contributed by atoms with Gasteiger partial charge in [-0.15, -0.1) is 0 Å².